The van der Waals surface area contributed by atoms with Crippen molar-refractivity contribution in [3.8, 4) is 5.75 Å². The zero-order chi connectivity index (χ0) is 12.8. The van der Waals surface area contributed by atoms with Crippen LogP contribution < -0.4 is 10.5 Å². The molecular weight excluding hydrogens is 224 g/mol. The summed E-state index contributed by atoms with van der Waals surface area (Å²) in [6.45, 7) is 2.31. The highest BCUT2D eigenvalue weighted by molar-refractivity contribution is 5.47. The van der Waals surface area contributed by atoms with Gasteiger partial charge in [0, 0.05) is 6.04 Å². The van der Waals surface area contributed by atoms with Gasteiger partial charge < -0.3 is 15.4 Å². The van der Waals surface area contributed by atoms with Crippen molar-refractivity contribution in [2.75, 3.05) is 27.2 Å². The lowest BCUT2D eigenvalue weighted by atomic mass is 9.73. The minimum absolute atomic E-state index is 0.177. The van der Waals surface area contributed by atoms with Crippen LogP contribution >= 0.6 is 0 Å². The summed E-state index contributed by atoms with van der Waals surface area (Å²) in [7, 11) is 3.95. The SMILES string of the molecule is COc1cccc2c1CC1(CCN(C)CC1)[C@@H]2N. The van der Waals surface area contributed by atoms with Crippen LogP contribution in [0.3, 0.4) is 0 Å². The number of fused-ring (bicyclic) bond motifs is 1. The summed E-state index contributed by atoms with van der Waals surface area (Å²) in [5.74, 6) is 1.01. The second kappa shape index (κ2) is 4.25. The molecule has 2 aliphatic rings. The van der Waals surface area contributed by atoms with E-state index in [0.717, 1.165) is 25.3 Å². The molecule has 1 heterocycles. The molecule has 1 aliphatic carbocycles. The van der Waals surface area contributed by atoms with E-state index >= 15 is 0 Å². The molecule has 0 unspecified atom stereocenters. The quantitative estimate of drug-likeness (QED) is 0.823. The Labute approximate surface area is 109 Å². The highest BCUT2D eigenvalue weighted by atomic mass is 16.5. The van der Waals surface area contributed by atoms with Crippen molar-refractivity contribution in [1.82, 2.24) is 4.90 Å². The van der Waals surface area contributed by atoms with Gasteiger partial charge in [0.15, 0.2) is 0 Å². The minimum Gasteiger partial charge on any atom is -0.496 e. The first-order valence-electron chi connectivity index (χ1n) is 6.76. The molecule has 3 rings (SSSR count). The smallest absolute Gasteiger partial charge is 0.122 e. The molecule has 1 fully saturated rings. The predicted molar refractivity (Wildman–Crippen MR) is 72.8 cm³/mol. The Balaban J connectivity index is 1.95. The molecule has 3 heteroatoms. The van der Waals surface area contributed by atoms with E-state index in [1.54, 1.807) is 7.11 Å². The first kappa shape index (κ1) is 12.0. The Hall–Kier alpha value is -1.06. The summed E-state index contributed by atoms with van der Waals surface area (Å²) < 4.78 is 5.49. The fraction of sp³-hybridized carbons (Fsp3) is 0.600. The molecule has 1 spiro atoms. The van der Waals surface area contributed by atoms with Crippen LogP contribution in [-0.2, 0) is 6.42 Å². The molecule has 3 nitrogen and oxygen atoms in total. The van der Waals surface area contributed by atoms with E-state index in [9.17, 15) is 0 Å². The molecular formula is C15H22N2O. The Morgan fingerprint density at radius 1 is 1.33 bits per heavy atom. The maximum Gasteiger partial charge on any atom is 0.122 e. The van der Waals surface area contributed by atoms with E-state index < -0.39 is 0 Å². The molecule has 98 valence electrons. The third-order valence-electron chi connectivity index (χ3n) is 4.90. The Morgan fingerprint density at radius 3 is 2.72 bits per heavy atom. The average molecular weight is 246 g/mol. The van der Waals surface area contributed by atoms with Gasteiger partial charge >= 0.3 is 0 Å². The Morgan fingerprint density at radius 2 is 2.06 bits per heavy atom. The van der Waals surface area contributed by atoms with E-state index in [1.807, 2.05) is 0 Å². The number of ether oxygens (including phenoxy) is 1. The summed E-state index contributed by atoms with van der Waals surface area (Å²) in [6, 6.07) is 6.47. The maximum absolute atomic E-state index is 6.55. The van der Waals surface area contributed by atoms with Crippen LogP contribution in [0.5, 0.6) is 5.75 Å². The van der Waals surface area contributed by atoms with Crippen LogP contribution in [0.2, 0.25) is 0 Å². The third kappa shape index (κ3) is 1.65. The summed E-state index contributed by atoms with van der Waals surface area (Å²) >= 11 is 0. The van der Waals surface area contributed by atoms with Crippen LogP contribution in [0, 0.1) is 5.41 Å². The second-order valence-corrected chi connectivity index (χ2v) is 5.85. The van der Waals surface area contributed by atoms with Crippen LogP contribution in [-0.4, -0.2) is 32.1 Å². The molecule has 0 aromatic heterocycles. The zero-order valence-corrected chi connectivity index (χ0v) is 11.3. The molecule has 1 atom stereocenters. The van der Waals surface area contributed by atoms with Crippen molar-refractivity contribution in [2.24, 2.45) is 11.1 Å². The van der Waals surface area contributed by atoms with Gasteiger partial charge in [-0.1, -0.05) is 12.1 Å². The number of nitrogens with zero attached hydrogens (tertiary/aromatic N) is 1. The molecule has 1 aliphatic heterocycles. The Kier molecular flexibility index (Phi) is 2.83. The summed E-state index contributed by atoms with van der Waals surface area (Å²) in [5, 5.41) is 0. The maximum atomic E-state index is 6.55. The number of methoxy groups -OCH3 is 1. The van der Waals surface area contributed by atoms with Crippen LogP contribution in [0.25, 0.3) is 0 Å². The zero-order valence-electron chi connectivity index (χ0n) is 11.3. The summed E-state index contributed by atoms with van der Waals surface area (Å²) in [4.78, 5) is 2.40. The van der Waals surface area contributed by atoms with E-state index in [2.05, 4.69) is 30.1 Å². The van der Waals surface area contributed by atoms with Gasteiger partial charge in [0.1, 0.15) is 5.75 Å². The minimum atomic E-state index is 0.177. The lowest BCUT2D eigenvalue weighted by Crippen LogP contribution is -2.42. The number of likely N-dealkylation sites (tertiary alicyclic amines) is 1. The lowest BCUT2D eigenvalue weighted by molar-refractivity contribution is 0.105. The Bertz CT molecular complexity index is 450. The number of nitrogens with two attached hydrogens (primary N) is 1. The van der Waals surface area contributed by atoms with Crippen molar-refractivity contribution in [2.45, 2.75) is 25.3 Å². The normalized spacial score (nSPS) is 26.3. The van der Waals surface area contributed by atoms with E-state index in [0.29, 0.717) is 0 Å². The standard InChI is InChI=1S/C15H22N2O/c1-17-8-6-15(7-9-17)10-12-11(14(15)16)4-3-5-13(12)18-2/h3-5,14H,6-10,16H2,1-2H3/t14-/m1/s1. The molecule has 0 bridgehead atoms. The second-order valence-electron chi connectivity index (χ2n) is 5.85. The lowest BCUT2D eigenvalue weighted by Gasteiger charge is -2.41. The van der Waals surface area contributed by atoms with Gasteiger partial charge in [0.2, 0.25) is 0 Å². The van der Waals surface area contributed by atoms with Gasteiger partial charge in [-0.15, -0.1) is 0 Å². The topological polar surface area (TPSA) is 38.5 Å². The number of piperidine rings is 1. The van der Waals surface area contributed by atoms with Crippen LogP contribution in [0.1, 0.15) is 30.0 Å². The number of benzene rings is 1. The van der Waals surface area contributed by atoms with Gasteiger partial charge in [-0.05, 0) is 62.0 Å². The highest BCUT2D eigenvalue weighted by Crippen LogP contribution is 2.52. The van der Waals surface area contributed by atoms with Crippen molar-refractivity contribution in [3.63, 3.8) is 0 Å². The number of hydrogen-bond acceptors (Lipinski definition) is 3. The predicted octanol–water partition coefficient (Wildman–Crippen LogP) is 1.96. The van der Waals surface area contributed by atoms with Gasteiger partial charge in [-0.25, -0.2) is 0 Å². The molecule has 0 amide bonds. The van der Waals surface area contributed by atoms with Gasteiger partial charge in [0.05, 0.1) is 7.11 Å². The van der Waals surface area contributed by atoms with Gasteiger partial charge in [0.25, 0.3) is 0 Å². The number of rotatable bonds is 1. The fourth-order valence-electron chi connectivity index (χ4n) is 3.60. The van der Waals surface area contributed by atoms with Crippen LogP contribution in [0.4, 0.5) is 0 Å². The van der Waals surface area contributed by atoms with Crippen molar-refractivity contribution in [3.05, 3.63) is 29.3 Å². The first-order valence-corrected chi connectivity index (χ1v) is 6.76. The molecule has 1 aromatic rings. The van der Waals surface area contributed by atoms with E-state index in [4.69, 9.17) is 10.5 Å². The monoisotopic (exact) mass is 246 g/mol. The molecule has 1 aromatic carbocycles. The fourth-order valence-corrected chi connectivity index (χ4v) is 3.60. The van der Waals surface area contributed by atoms with Crippen molar-refractivity contribution < 1.29 is 4.74 Å². The molecule has 2 N–H and O–H groups in total. The molecule has 1 saturated heterocycles. The highest BCUT2D eigenvalue weighted by Gasteiger charge is 2.46. The molecule has 0 radical (unpaired) electrons. The largest absolute Gasteiger partial charge is 0.496 e. The first-order chi connectivity index (χ1) is 8.66. The van der Waals surface area contributed by atoms with E-state index in [1.165, 1.54) is 24.0 Å². The van der Waals surface area contributed by atoms with Crippen molar-refractivity contribution >= 4 is 0 Å². The van der Waals surface area contributed by atoms with Gasteiger partial charge in [-0.3, -0.25) is 0 Å². The summed E-state index contributed by atoms with van der Waals surface area (Å²) in [5.41, 5.74) is 9.47. The molecule has 0 saturated carbocycles. The summed E-state index contributed by atoms with van der Waals surface area (Å²) in [6.07, 6.45) is 3.48. The van der Waals surface area contributed by atoms with Gasteiger partial charge in [-0.2, -0.15) is 0 Å². The third-order valence-corrected chi connectivity index (χ3v) is 4.90. The molecule has 18 heavy (non-hydrogen) atoms. The number of hydrogen-bond donors (Lipinski definition) is 1. The van der Waals surface area contributed by atoms with E-state index in [-0.39, 0.29) is 11.5 Å². The van der Waals surface area contributed by atoms with Crippen LogP contribution in [0.15, 0.2) is 18.2 Å². The van der Waals surface area contributed by atoms with Crippen molar-refractivity contribution in [1.29, 1.82) is 0 Å². The average Bonchev–Trinajstić information content (AvgIpc) is 2.67.